The Balaban J connectivity index is 1.54. The van der Waals surface area contributed by atoms with Gasteiger partial charge in [-0.25, -0.2) is 0 Å². The minimum atomic E-state index is 0.380. The van der Waals surface area contributed by atoms with Crippen LogP contribution in [0.25, 0.3) is 0 Å². The molecule has 2 unspecified atom stereocenters. The Hall–Kier alpha value is -0.530. The van der Waals surface area contributed by atoms with Gasteiger partial charge in [-0.05, 0) is 73.0 Å². The summed E-state index contributed by atoms with van der Waals surface area (Å²) < 4.78 is 0. The van der Waals surface area contributed by atoms with Crippen LogP contribution in [-0.4, -0.2) is 5.54 Å². The highest BCUT2D eigenvalue weighted by Gasteiger charge is 2.59. The third-order valence-electron chi connectivity index (χ3n) is 6.18. The number of rotatable bonds is 3. The van der Waals surface area contributed by atoms with Gasteiger partial charge in [-0.2, -0.15) is 0 Å². The monoisotopic (exact) mass is 303 g/mol. The normalized spacial score (nSPS) is 44.2. The SMILES string of the molecule is C[C@]12CC3CC(NCc4cccc(Cl)c4)(C1)C[C@@](C)(C3)C2. The summed E-state index contributed by atoms with van der Waals surface area (Å²) in [5.74, 6) is 0.947. The lowest BCUT2D eigenvalue weighted by Gasteiger charge is -2.65. The molecule has 1 aromatic rings. The molecule has 0 heterocycles. The molecule has 0 aromatic heterocycles. The van der Waals surface area contributed by atoms with E-state index in [-0.39, 0.29) is 0 Å². The quantitative estimate of drug-likeness (QED) is 0.811. The fraction of sp³-hybridized carbons (Fsp3) is 0.684. The van der Waals surface area contributed by atoms with Crippen molar-refractivity contribution in [3.05, 3.63) is 34.9 Å². The van der Waals surface area contributed by atoms with Crippen molar-refractivity contribution in [3.8, 4) is 0 Å². The van der Waals surface area contributed by atoms with Gasteiger partial charge in [0.25, 0.3) is 0 Å². The molecule has 1 N–H and O–H groups in total. The summed E-state index contributed by atoms with van der Waals surface area (Å²) in [5, 5.41) is 4.81. The first-order chi connectivity index (χ1) is 9.88. The smallest absolute Gasteiger partial charge is 0.0409 e. The van der Waals surface area contributed by atoms with Gasteiger partial charge in [0.15, 0.2) is 0 Å². The van der Waals surface area contributed by atoms with Crippen molar-refractivity contribution in [1.82, 2.24) is 5.32 Å². The van der Waals surface area contributed by atoms with Crippen LogP contribution in [0.2, 0.25) is 5.02 Å². The van der Waals surface area contributed by atoms with E-state index in [4.69, 9.17) is 11.6 Å². The minimum absolute atomic E-state index is 0.380. The maximum Gasteiger partial charge on any atom is 0.0409 e. The molecule has 4 saturated carbocycles. The molecule has 1 aromatic carbocycles. The average molecular weight is 304 g/mol. The lowest BCUT2D eigenvalue weighted by atomic mass is 9.43. The van der Waals surface area contributed by atoms with E-state index in [1.165, 1.54) is 44.1 Å². The Morgan fingerprint density at radius 1 is 1.10 bits per heavy atom. The molecule has 4 bridgehead atoms. The Bertz CT molecular complexity index is 548. The molecule has 114 valence electrons. The summed E-state index contributed by atoms with van der Waals surface area (Å²) in [6, 6.07) is 8.29. The van der Waals surface area contributed by atoms with E-state index in [0.717, 1.165) is 17.5 Å². The molecule has 0 radical (unpaired) electrons. The van der Waals surface area contributed by atoms with Gasteiger partial charge in [0.2, 0.25) is 0 Å². The predicted molar refractivity (Wildman–Crippen MR) is 88.4 cm³/mol. The molecule has 1 nitrogen and oxygen atoms in total. The van der Waals surface area contributed by atoms with E-state index in [1.54, 1.807) is 0 Å². The third kappa shape index (κ3) is 2.53. The van der Waals surface area contributed by atoms with Crippen LogP contribution < -0.4 is 5.32 Å². The topological polar surface area (TPSA) is 12.0 Å². The van der Waals surface area contributed by atoms with Crippen LogP contribution in [0.1, 0.15) is 57.9 Å². The molecule has 4 aliphatic carbocycles. The first-order valence-corrected chi connectivity index (χ1v) is 8.75. The number of hydrogen-bond acceptors (Lipinski definition) is 1. The predicted octanol–water partition coefficient (Wildman–Crippen LogP) is 5.18. The molecular weight excluding hydrogens is 278 g/mol. The van der Waals surface area contributed by atoms with E-state index in [1.807, 2.05) is 6.07 Å². The molecule has 0 amide bonds. The standard InChI is InChI=1S/C19H26ClN/c1-17-7-15-8-18(2,11-17)13-19(9-15,12-17)21-10-14-4-3-5-16(20)6-14/h3-6,15,21H,7-13H2,1-2H3/t15?,17-,18+,19?. The van der Waals surface area contributed by atoms with Gasteiger partial charge in [0.1, 0.15) is 0 Å². The highest BCUT2D eigenvalue weighted by Crippen LogP contribution is 2.66. The first-order valence-electron chi connectivity index (χ1n) is 8.37. The van der Waals surface area contributed by atoms with Crippen LogP contribution in [0.5, 0.6) is 0 Å². The van der Waals surface area contributed by atoms with Crippen molar-refractivity contribution in [2.75, 3.05) is 0 Å². The van der Waals surface area contributed by atoms with Crippen LogP contribution in [0, 0.1) is 16.7 Å². The average Bonchev–Trinajstić information content (AvgIpc) is 2.32. The van der Waals surface area contributed by atoms with Crippen LogP contribution >= 0.6 is 11.6 Å². The van der Waals surface area contributed by atoms with Gasteiger partial charge in [-0.3, -0.25) is 0 Å². The van der Waals surface area contributed by atoms with E-state index in [0.29, 0.717) is 16.4 Å². The Labute approximate surface area is 133 Å². The van der Waals surface area contributed by atoms with Crippen LogP contribution in [0.4, 0.5) is 0 Å². The lowest BCUT2D eigenvalue weighted by Crippen LogP contribution is -2.63. The zero-order valence-corrected chi connectivity index (χ0v) is 14.0. The van der Waals surface area contributed by atoms with E-state index >= 15 is 0 Å². The van der Waals surface area contributed by atoms with Crippen molar-refractivity contribution >= 4 is 11.6 Å². The molecule has 2 heteroatoms. The van der Waals surface area contributed by atoms with Gasteiger partial charge in [0.05, 0.1) is 0 Å². The van der Waals surface area contributed by atoms with Crippen LogP contribution in [-0.2, 0) is 6.54 Å². The van der Waals surface area contributed by atoms with Gasteiger partial charge in [-0.15, -0.1) is 0 Å². The third-order valence-corrected chi connectivity index (χ3v) is 6.42. The zero-order chi connectivity index (χ0) is 14.7. The van der Waals surface area contributed by atoms with Gasteiger partial charge in [0, 0.05) is 17.1 Å². The van der Waals surface area contributed by atoms with Crippen molar-refractivity contribution < 1.29 is 0 Å². The van der Waals surface area contributed by atoms with Gasteiger partial charge < -0.3 is 5.32 Å². The summed E-state index contributed by atoms with van der Waals surface area (Å²) >= 11 is 6.12. The van der Waals surface area contributed by atoms with E-state index in [2.05, 4.69) is 37.4 Å². The lowest BCUT2D eigenvalue weighted by molar-refractivity contribution is -0.118. The molecule has 4 aliphatic rings. The minimum Gasteiger partial charge on any atom is -0.307 e. The number of hydrogen-bond donors (Lipinski definition) is 1. The summed E-state index contributed by atoms with van der Waals surface area (Å²) in [4.78, 5) is 0. The first kappa shape index (κ1) is 14.1. The summed E-state index contributed by atoms with van der Waals surface area (Å²) in [6.45, 7) is 6.02. The van der Waals surface area contributed by atoms with E-state index in [9.17, 15) is 0 Å². The highest BCUT2D eigenvalue weighted by atomic mass is 35.5. The summed E-state index contributed by atoms with van der Waals surface area (Å²) in [7, 11) is 0. The van der Waals surface area contributed by atoms with E-state index < -0.39 is 0 Å². The van der Waals surface area contributed by atoms with Gasteiger partial charge >= 0.3 is 0 Å². The second-order valence-electron chi connectivity index (χ2n) is 8.89. The molecule has 4 atom stereocenters. The Morgan fingerprint density at radius 2 is 1.81 bits per heavy atom. The van der Waals surface area contributed by atoms with Crippen molar-refractivity contribution in [1.29, 1.82) is 0 Å². The molecule has 0 spiro atoms. The van der Waals surface area contributed by atoms with Crippen LogP contribution in [0.15, 0.2) is 24.3 Å². The molecular formula is C19H26ClN. The second-order valence-corrected chi connectivity index (χ2v) is 9.33. The maximum absolute atomic E-state index is 6.12. The highest BCUT2D eigenvalue weighted by molar-refractivity contribution is 6.30. The maximum atomic E-state index is 6.12. The van der Waals surface area contributed by atoms with Crippen molar-refractivity contribution in [2.24, 2.45) is 16.7 Å². The molecule has 21 heavy (non-hydrogen) atoms. The number of halogens is 1. The van der Waals surface area contributed by atoms with Crippen LogP contribution in [0.3, 0.4) is 0 Å². The van der Waals surface area contributed by atoms with Gasteiger partial charge in [-0.1, -0.05) is 37.6 Å². The summed E-state index contributed by atoms with van der Waals surface area (Å²) in [6.07, 6.45) is 8.49. The fourth-order valence-corrected chi connectivity index (χ4v) is 6.79. The largest absolute Gasteiger partial charge is 0.307 e. The molecule has 5 rings (SSSR count). The molecule has 0 aliphatic heterocycles. The molecule has 0 saturated heterocycles. The summed E-state index contributed by atoms with van der Waals surface area (Å²) in [5.41, 5.74) is 2.85. The second kappa shape index (κ2) is 4.49. The Morgan fingerprint density at radius 3 is 2.43 bits per heavy atom. The number of nitrogens with one attached hydrogen (secondary N) is 1. The fourth-order valence-electron chi connectivity index (χ4n) is 6.58. The van der Waals surface area contributed by atoms with Crippen molar-refractivity contribution in [3.63, 3.8) is 0 Å². The zero-order valence-electron chi connectivity index (χ0n) is 13.2. The number of benzene rings is 1. The Kier molecular flexibility index (Phi) is 3.01. The van der Waals surface area contributed by atoms with Crippen molar-refractivity contribution in [2.45, 2.75) is 64.5 Å². The molecule has 4 fully saturated rings.